The van der Waals surface area contributed by atoms with Crippen molar-refractivity contribution in [1.82, 2.24) is 19.9 Å². The zero-order valence-corrected chi connectivity index (χ0v) is 15.9. The van der Waals surface area contributed by atoms with E-state index in [2.05, 4.69) is 30.2 Å². The van der Waals surface area contributed by atoms with Crippen LogP contribution < -0.4 is 15.4 Å². The van der Waals surface area contributed by atoms with Crippen LogP contribution in [0.4, 0.5) is 17.6 Å². The van der Waals surface area contributed by atoms with Gasteiger partial charge < -0.3 is 10.2 Å². The largest absolute Gasteiger partial charge is 0.335 e. The average Bonchev–Trinajstić information content (AvgIpc) is 3.08. The zero-order chi connectivity index (χ0) is 18.9. The molecule has 0 spiro atoms. The van der Waals surface area contributed by atoms with Crippen LogP contribution in [0.25, 0.3) is 0 Å². The van der Waals surface area contributed by atoms with Crippen molar-refractivity contribution in [2.45, 2.75) is 18.7 Å². The van der Waals surface area contributed by atoms with Gasteiger partial charge in [-0.25, -0.2) is 28.5 Å². The van der Waals surface area contributed by atoms with Crippen LogP contribution in [-0.2, 0) is 28.7 Å². The van der Waals surface area contributed by atoms with E-state index in [1.54, 1.807) is 35.6 Å². The van der Waals surface area contributed by atoms with Crippen LogP contribution in [0, 0.1) is 0 Å². The van der Waals surface area contributed by atoms with E-state index in [1.807, 2.05) is 5.51 Å². The highest BCUT2D eigenvalue weighted by atomic mass is 32.2. The van der Waals surface area contributed by atoms with Gasteiger partial charge >= 0.3 is 0 Å². The predicted octanol–water partition coefficient (Wildman–Crippen LogP) is 1.42. The Bertz CT molecular complexity index is 1070. The third kappa shape index (κ3) is 4.38. The third-order valence-electron chi connectivity index (χ3n) is 4.07. The molecule has 0 amide bonds. The van der Waals surface area contributed by atoms with Gasteiger partial charge in [0.1, 0.15) is 6.33 Å². The molecule has 0 atom stereocenters. The molecule has 140 valence electrons. The van der Waals surface area contributed by atoms with Gasteiger partial charge in [-0.05, 0) is 17.7 Å². The molecule has 11 heteroatoms. The van der Waals surface area contributed by atoms with Crippen LogP contribution in [0.3, 0.4) is 0 Å². The maximum atomic E-state index is 11.3. The van der Waals surface area contributed by atoms with Crippen LogP contribution in [0.2, 0.25) is 0 Å². The number of aromatic nitrogens is 4. The zero-order valence-electron chi connectivity index (χ0n) is 14.2. The van der Waals surface area contributed by atoms with Gasteiger partial charge in [-0.3, -0.25) is 0 Å². The van der Waals surface area contributed by atoms with Crippen LogP contribution >= 0.6 is 11.3 Å². The maximum absolute atomic E-state index is 11.3. The molecule has 0 fully saturated rings. The molecule has 3 N–H and O–H groups in total. The number of nitrogens with zero attached hydrogens (tertiary/aromatic N) is 5. The van der Waals surface area contributed by atoms with Gasteiger partial charge in [0.05, 0.1) is 23.5 Å². The van der Waals surface area contributed by atoms with Gasteiger partial charge in [-0.1, -0.05) is 12.1 Å². The van der Waals surface area contributed by atoms with E-state index in [4.69, 9.17) is 5.14 Å². The SMILES string of the molecule is NS(=O)(=O)Cc1cccc(Nc2ncnc(N3CCc4ncsc4C3)n2)c1. The summed E-state index contributed by atoms with van der Waals surface area (Å²) in [6.45, 7) is 1.53. The second-order valence-electron chi connectivity index (χ2n) is 6.14. The van der Waals surface area contributed by atoms with E-state index in [0.717, 1.165) is 25.2 Å². The number of nitrogens with one attached hydrogen (secondary N) is 1. The normalized spacial score (nSPS) is 14.0. The highest BCUT2D eigenvalue weighted by Crippen LogP contribution is 2.25. The molecular formula is C16H17N7O2S2. The Kier molecular flexibility index (Phi) is 4.72. The number of thiazole rings is 1. The van der Waals surface area contributed by atoms with Gasteiger partial charge in [-0.15, -0.1) is 11.3 Å². The van der Waals surface area contributed by atoms with Crippen molar-refractivity contribution < 1.29 is 8.42 Å². The number of anilines is 3. The summed E-state index contributed by atoms with van der Waals surface area (Å²) < 4.78 is 22.5. The lowest BCUT2D eigenvalue weighted by atomic mass is 10.2. The topological polar surface area (TPSA) is 127 Å². The molecule has 0 unspecified atom stereocenters. The van der Waals surface area contributed by atoms with Crippen molar-refractivity contribution >= 4 is 38.9 Å². The minimum absolute atomic E-state index is 0.226. The molecule has 3 heterocycles. The Morgan fingerprint density at radius 3 is 3.00 bits per heavy atom. The standard InChI is InChI=1S/C16H17N7O2S2/c17-27(24,25)8-11-2-1-3-12(6-11)21-15-18-9-19-16(22-15)23-5-4-13-14(7-23)26-10-20-13/h1-3,6,9-10H,4-5,7-8H2,(H2,17,24,25)(H,18,19,21,22). The van der Waals surface area contributed by atoms with E-state index in [0.29, 0.717) is 23.1 Å². The molecule has 0 aliphatic carbocycles. The van der Waals surface area contributed by atoms with Gasteiger partial charge in [0.25, 0.3) is 0 Å². The second-order valence-corrected chi connectivity index (χ2v) is 8.69. The van der Waals surface area contributed by atoms with Crippen LogP contribution in [0.5, 0.6) is 0 Å². The van der Waals surface area contributed by atoms with E-state index in [-0.39, 0.29) is 5.75 Å². The fourth-order valence-electron chi connectivity index (χ4n) is 2.89. The maximum Gasteiger partial charge on any atom is 0.231 e. The van der Waals surface area contributed by atoms with Crippen molar-refractivity contribution in [2.75, 3.05) is 16.8 Å². The molecular weight excluding hydrogens is 386 g/mol. The summed E-state index contributed by atoms with van der Waals surface area (Å²) in [6, 6.07) is 6.97. The lowest BCUT2D eigenvalue weighted by Gasteiger charge is -2.26. The molecule has 1 aromatic carbocycles. The van der Waals surface area contributed by atoms with E-state index >= 15 is 0 Å². The monoisotopic (exact) mass is 403 g/mol. The highest BCUT2D eigenvalue weighted by molar-refractivity contribution is 7.88. The number of hydrogen-bond donors (Lipinski definition) is 2. The summed E-state index contributed by atoms with van der Waals surface area (Å²) in [7, 11) is -3.59. The van der Waals surface area contributed by atoms with E-state index < -0.39 is 10.0 Å². The van der Waals surface area contributed by atoms with Crippen LogP contribution in [0.15, 0.2) is 36.1 Å². The number of hydrogen-bond acceptors (Lipinski definition) is 9. The van der Waals surface area contributed by atoms with Gasteiger partial charge in [0.15, 0.2) is 0 Å². The Balaban J connectivity index is 1.51. The number of benzene rings is 1. The summed E-state index contributed by atoms with van der Waals surface area (Å²) in [4.78, 5) is 20.6. The van der Waals surface area contributed by atoms with Crippen LogP contribution in [-0.4, -0.2) is 34.9 Å². The van der Waals surface area contributed by atoms with Crippen molar-refractivity contribution in [3.8, 4) is 0 Å². The number of rotatable bonds is 5. The van der Waals surface area contributed by atoms with E-state index in [9.17, 15) is 8.42 Å². The first-order valence-electron chi connectivity index (χ1n) is 8.18. The molecule has 9 nitrogen and oxygen atoms in total. The molecule has 0 saturated heterocycles. The lowest BCUT2D eigenvalue weighted by Crippen LogP contribution is -2.31. The number of nitrogens with two attached hydrogens (primary N) is 1. The second kappa shape index (κ2) is 7.18. The molecule has 2 aromatic heterocycles. The molecule has 0 saturated carbocycles. The summed E-state index contributed by atoms with van der Waals surface area (Å²) >= 11 is 1.64. The Labute approximate surface area is 160 Å². The Morgan fingerprint density at radius 2 is 2.15 bits per heavy atom. The Hall–Kier alpha value is -2.63. The minimum atomic E-state index is -3.59. The predicted molar refractivity (Wildman–Crippen MR) is 103 cm³/mol. The third-order valence-corrected chi connectivity index (χ3v) is 5.67. The Morgan fingerprint density at radius 1 is 1.26 bits per heavy atom. The number of primary sulfonamides is 1. The molecule has 1 aliphatic heterocycles. The first-order chi connectivity index (χ1) is 13.0. The summed E-state index contributed by atoms with van der Waals surface area (Å²) in [5, 5.41) is 8.20. The molecule has 4 rings (SSSR count). The first-order valence-corrected chi connectivity index (χ1v) is 10.8. The average molecular weight is 403 g/mol. The van der Waals surface area contributed by atoms with Gasteiger partial charge in [0.2, 0.25) is 21.9 Å². The molecule has 3 aromatic rings. The first kappa shape index (κ1) is 17.8. The lowest BCUT2D eigenvalue weighted by molar-refractivity contribution is 0.597. The summed E-state index contributed by atoms with van der Waals surface area (Å²) in [5.74, 6) is 0.755. The van der Waals surface area contributed by atoms with Crippen molar-refractivity contribution in [1.29, 1.82) is 0 Å². The quantitative estimate of drug-likeness (QED) is 0.655. The molecule has 0 radical (unpaired) electrons. The van der Waals surface area contributed by atoms with Crippen molar-refractivity contribution in [3.63, 3.8) is 0 Å². The molecule has 0 bridgehead atoms. The summed E-state index contributed by atoms with van der Waals surface area (Å²) in [6.07, 6.45) is 2.32. The minimum Gasteiger partial charge on any atom is -0.335 e. The smallest absolute Gasteiger partial charge is 0.231 e. The van der Waals surface area contributed by atoms with Gasteiger partial charge in [0, 0.05) is 23.5 Å². The van der Waals surface area contributed by atoms with Crippen LogP contribution in [0.1, 0.15) is 16.1 Å². The fraction of sp³-hybridized carbons (Fsp3) is 0.250. The molecule has 27 heavy (non-hydrogen) atoms. The number of fused-ring (bicyclic) bond motifs is 1. The van der Waals surface area contributed by atoms with Gasteiger partial charge in [-0.2, -0.15) is 4.98 Å². The fourth-order valence-corrected chi connectivity index (χ4v) is 4.36. The molecule has 1 aliphatic rings. The highest BCUT2D eigenvalue weighted by Gasteiger charge is 2.21. The van der Waals surface area contributed by atoms with Crippen molar-refractivity contribution in [2.24, 2.45) is 5.14 Å². The summed E-state index contributed by atoms with van der Waals surface area (Å²) in [5.41, 5.74) is 4.28. The number of sulfonamides is 1. The van der Waals surface area contributed by atoms with E-state index in [1.165, 1.54) is 11.2 Å². The van der Waals surface area contributed by atoms with Crippen molar-refractivity contribution in [3.05, 3.63) is 52.2 Å².